The number of anilines is 1. The Kier molecular flexibility index (Phi) is 6.20. The molecule has 33 heavy (non-hydrogen) atoms. The Bertz CT molecular complexity index is 1140. The summed E-state index contributed by atoms with van der Waals surface area (Å²) in [5, 5.41) is 0. The van der Waals surface area contributed by atoms with Crippen molar-refractivity contribution in [3.63, 3.8) is 0 Å². The fourth-order valence-corrected chi connectivity index (χ4v) is 4.83. The molecule has 3 aromatic rings. The predicted molar refractivity (Wildman–Crippen MR) is 126 cm³/mol. The third kappa shape index (κ3) is 4.28. The number of hydrogen-bond acceptors (Lipinski definition) is 6. The summed E-state index contributed by atoms with van der Waals surface area (Å²) in [7, 11) is 3.24. The molecule has 0 saturated carbocycles. The van der Waals surface area contributed by atoms with Gasteiger partial charge in [-0.15, -0.1) is 0 Å². The van der Waals surface area contributed by atoms with E-state index in [0.29, 0.717) is 24.5 Å². The van der Waals surface area contributed by atoms with E-state index in [9.17, 15) is 4.79 Å². The standard InChI is InChI=1S/C25H30N4O4/c1-31-19-7-8-23(32-2)22(16-19)29-17-18(15-24(29)30)25-26-20-5-3-4-6-21(20)28(25)10-9-27-11-13-33-14-12-27/h3-8,16,18H,9-15,17H2,1-2H3. The number of nitrogens with zero attached hydrogens (tertiary/aromatic N) is 4. The van der Waals surface area contributed by atoms with Gasteiger partial charge in [-0.2, -0.15) is 0 Å². The minimum absolute atomic E-state index is 0.00509. The molecule has 2 saturated heterocycles. The number of methoxy groups -OCH3 is 2. The molecule has 2 aromatic carbocycles. The summed E-state index contributed by atoms with van der Waals surface area (Å²) in [6.45, 7) is 5.80. The summed E-state index contributed by atoms with van der Waals surface area (Å²) in [6.07, 6.45) is 0.418. The Labute approximate surface area is 193 Å². The van der Waals surface area contributed by atoms with Gasteiger partial charge in [-0.05, 0) is 24.3 Å². The number of carbonyl (C=O) groups excluding carboxylic acids is 1. The number of para-hydroxylation sites is 2. The van der Waals surface area contributed by atoms with Gasteiger partial charge < -0.3 is 23.7 Å². The monoisotopic (exact) mass is 450 g/mol. The fourth-order valence-electron chi connectivity index (χ4n) is 4.83. The summed E-state index contributed by atoms with van der Waals surface area (Å²) in [5.41, 5.74) is 2.82. The normalized spacial score (nSPS) is 19.4. The van der Waals surface area contributed by atoms with Gasteiger partial charge in [0.05, 0.1) is 44.2 Å². The van der Waals surface area contributed by atoms with E-state index in [1.54, 1.807) is 19.1 Å². The molecule has 8 nitrogen and oxygen atoms in total. The maximum absolute atomic E-state index is 13.1. The summed E-state index contributed by atoms with van der Waals surface area (Å²) < 4.78 is 18.7. The van der Waals surface area contributed by atoms with Gasteiger partial charge in [-0.1, -0.05) is 12.1 Å². The molecule has 1 amide bonds. The lowest BCUT2D eigenvalue weighted by Crippen LogP contribution is -2.38. The molecule has 2 aliphatic rings. The largest absolute Gasteiger partial charge is 0.497 e. The highest BCUT2D eigenvalue weighted by Gasteiger charge is 2.36. The molecule has 3 heterocycles. The number of aromatic nitrogens is 2. The highest BCUT2D eigenvalue weighted by Crippen LogP contribution is 2.39. The summed E-state index contributed by atoms with van der Waals surface area (Å²) in [5.74, 6) is 2.40. The lowest BCUT2D eigenvalue weighted by Gasteiger charge is -2.27. The average Bonchev–Trinajstić information content (AvgIpc) is 3.43. The fraction of sp³-hybridized carbons (Fsp3) is 0.440. The number of benzene rings is 2. The SMILES string of the molecule is COc1ccc(OC)c(N2CC(c3nc4ccccc4n3CCN3CCOCC3)CC2=O)c1. The van der Waals surface area contributed by atoms with Crippen molar-refractivity contribution < 1.29 is 19.0 Å². The van der Waals surface area contributed by atoms with Crippen molar-refractivity contribution in [3.05, 3.63) is 48.3 Å². The average molecular weight is 451 g/mol. The molecule has 8 heteroatoms. The molecule has 5 rings (SSSR count). The second-order valence-electron chi connectivity index (χ2n) is 8.51. The number of ether oxygens (including phenoxy) is 3. The number of hydrogen-bond donors (Lipinski definition) is 0. The van der Waals surface area contributed by atoms with E-state index in [-0.39, 0.29) is 11.8 Å². The van der Waals surface area contributed by atoms with Crippen LogP contribution in [0.25, 0.3) is 11.0 Å². The van der Waals surface area contributed by atoms with Gasteiger partial charge in [0, 0.05) is 51.1 Å². The first-order valence-electron chi connectivity index (χ1n) is 11.5. The van der Waals surface area contributed by atoms with E-state index in [1.807, 2.05) is 36.4 Å². The van der Waals surface area contributed by atoms with Crippen molar-refractivity contribution in [3.8, 4) is 11.5 Å². The quantitative estimate of drug-likeness (QED) is 0.551. The van der Waals surface area contributed by atoms with Crippen LogP contribution in [0.15, 0.2) is 42.5 Å². The molecule has 1 atom stereocenters. The Morgan fingerprint density at radius 3 is 2.67 bits per heavy atom. The maximum Gasteiger partial charge on any atom is 0.227 e. The van der Waals surface area contributed by atoms with Crippen LogP contribution in [0.1, 0.15) is 18.2 Å². The Hall–Kier alpha value is -3.10. The predicted octanol–water partition coefficient (Wildman–Crippen LogP) is 2.91. The van der Waals surface area contributed by atoms with Crippen LogP contribution >= 0.6 is 0 Å². The van der Waals surface area contributed by atoms with Crippen molar-refractivity contribution in [2.24, 2.45) is 0 Å². The number of morpholine rings is 1. The number of carbonyl (C=O) groups is 1. The zero-order valence-electron chi connectivity index (χ0n) is 19.2. The van der Waals surface area contributed by atoms with Crippen molar-refractivity contribution in [2.75, 3.05) is 58.5 Å². The molecular weight excluding hydrogens is 420 g/mol. The lowest BCUT2D eigenvalue weighted by atomic mass is 10.1. The Morgan fingerprint density at radius 1 is 1.06 bits per heavy atom. The highest BCUT2D eigenvalue weighted by molar-refractivity contribution is 5.98. The third-order valence-electron chi connectivity index (χ3n) is 6.59. The van der Waals surface area contributed by atoms with Gasteiger partial charge in [0.2, 0.25) is 5.91 Å². The lowest BCUT2D eigenvalue weighted by molar-refractivity contribution is -0.117. The van der Waals surface area contributed by atoms with Crippen LogP contribution in [0.4, 0.5) is 5.69 Å². The van der Waals surface area contributed by atoms with Crippen molar-refractivity contribution in [1.29, 1.82) is 0 Å². The number of fused-ring (bicyclic) bond motifs is 1. The van der Waals surface area contributed by atoms with E-state index < -0.39 is 0 Å². The maximum atomic E-state index is 13.1. The van der Waals surface area contributed by atoms with Crippen LogP contribution in [-0.4, -0.2) is 74.0 Å². The Balaban J connectivity index is 1.44. The molecule has 1 aromatic heterocycles. The first-order chi connectivity index (χ1) is 16.2. The van der Waals surface area contributed by atoms with Crippen LogP contribution in [-0.2, 0) is 16.1 Å². The van der Waals surface area contributed by atoms with E-state index in [4.69, 9.17) is 19.2 Å². The van der Waals surface area contributed by atoms with Crippen LogP contribution in [0.3, 0.4) is 0 Å². The second-order valence-corrected chi connectivity index (χ2v) is 8.51. The van der Waals surface area contributed by atoms with Crippen LogP contribution < -0.4 is 14.4 Å². The minimum atomic E-state index is 0.00509. The molecule has 0 N–H and O–H groups in total. The highest BCUT2D eigenvalue weighted by atomic mass is 16.5. The smallest absolute Gasteiger partial charge is 0.227 e. The summed E-state index contributed by atoms with van der Waals surface area (Å²) >= 11 is 0. The molecule has 0 radical (unpaired) electrons. The van der Waals surface area contributed by atoms with E-state index in [2.05, 4.69) is 15.5 Å². The van der Waals surface area contributed by atoms with E-state index in [0.717, 1.165) is 61.9 Å². The van der Waals surface area contributed by atoms with Crippen molar-refractivity contribution in [1.82, 2.24) is 14.5 Å². The molecule has 1 unspecified atom stereocenters. The van der Waals surface area contributed by atoms with Gasteiger partial charge in [0.25, 0.3) is 0 Å². The summed E-state index contributed by atoms with van der Waals surface area (Å²) in [4.78, 5) is 22.3. The van der Waals surface area contributed by atoms with Gasteiger partial charge in [0.15, 0.2) is 0 Å². The minimum Gasteiger partial charge on any atom is -0.497 e. The van der Waals surface area contributed by atoms with Crippen LogP contribution in [0.5, 0.6) is 11.5 Å². The van der Waals surface area contributed by atoms with Crippen molar-refractivity contribution >= 4 is 22.6 Å². The third-order valence-corrected chi connectivity index (χ3v) is 6.59. The van der Waals surface area contributed by atoms with Crippen LogP contribution in [0, 0.1) is 0 Å². The molecule has 0 bridgehead atoms. The van der Waals surface area contributed by atoms with Gasteiger partial charge >= 0.3 is 0 Å². The first kappa shape index (κ1) is 21.7. The topological polar surface area (TPSA) is 69.1 Å². The number of amides is 1. The molecule has 2 aliphatic heterocycles. The molecule has 0 spiro atoms. The van der Waals surface area contributed by atoms with Gasteiger partial charge in [-0.3, -0.25) is 9.69 Å². The number of rotatable bonds is 7. The molecular formula is C25H30N4O4. The van der Waals surface area contributed by atoms with E-state index in [1.165, 1.54) is 0 Å². The van der Waals surface area contributed by atoms with Gasteiger partial charge in [0.1, 0.15) is 17.3 Å². The second kappa shape index (κ2) is 9.41. The molecule has 0 aliphatic carbocycles. The molecule has 2 fully saturated rings. The zero-order valence-corrected chi connectivity index (χ0v) is 19.2. The van der Waals surface area contributed by atoms with Crippen LogP contribution in [0.2, 0.25) is 0 Å². The van der Waals surface area contributed by atoms with Crippen molar-refractivity contribution in [2.45, 2.75) is 18.9 Å². The molecule has 174 valence electrons. The first-order valence-corrected chi connectivity index (χ1v) is 11.5. The zero-order chi connectivity index (χ0) is 22.8. The number of imidazole rings is 1. The summed E-state index contributed by atoms with van der Waals surface area (Å²) in [6, 6.07) is 13.8. The Morgan fingerprint density at radius 2 is 1.88 bits per heavy atom. The van der Waals surface area contributed by atoms with Gasteiger partial charge in [-0.25, -0.2) is 4.98 Å². The van der Waals surface area contributed by atoms with E-state index >= 15 is 0 Å².